The second kappa shape index (κ2) is 11.6. The van der Waals surface area contributed by atoms with Crippen LogP contribution in [0.15, 0.2) is 47.7 Å². The number of methoxy groups -OCH3 is 1. The van der Waals surface area contributed by atoms with Crippen molar-refractivity contribution in [2.24, 2.45) is 4.99 Å². The zero-order valence-electron chi connectivity index (χ0n) is 17.6. The molecule has 0 aliphatic carbocycles. The zero-order chi connectivity index (χ0) is 20.3. The molecule has 0 atom stereocenters. The maximum atomic E-state index is 5.97. The van der Waals surface area contributed by atoms with E-state index in [9.17, 15) is 0 Å². The standard InChI is InChI=1S/C22H33N5O2/c1-3-23-22(26-12-10-21(11-13-26)29-15-7-14-28-2)24-16-19-17-25-27(18-19)20-8-5-4-6-9-20/h4-6,8-9,17-18,21H,3,7,10-16H2,1-2H3,(H,23,24). The zero-order valence-corrected chi connectivity index (χ0v) is 17.6. The molecular formula is C22H33N5O2. The van der Waals surface area contributed by atoms with Crippen molar-refractivity contribution in [3.05, 3.63) is 48.3 Å². The van der Waals surface area contributed by atoms with Gasteiger partial charge in [-0.05, 0) is 38.3 Å². The SMILES string of the molecule is CCNC(=NCc1cnn(-c2ccccc2)c1)N1CCC(OCCCOC)CC1. The summed E-state index contributed by atoms with van der Waals surface area (Å²) in [6.45, 7) is 7.04. The third kappa shape index (κ3) is 6.58. The quantitative estimate of drug-likeness (QED) is 0.399. The van der Waals surface area contributed by atoms with Crippen molar-refractivity contribution >= 4 is 5.96 Å². The van der Waals surface area contributed by atoms with Crippen LogP contribution in [0.5, 0.6) is 0 Å². The normalized spacial score (nSPS) is 15.7. The molecule has 29 heavy (non-hydrogen) atoms. The minimum atomic E-state index is 0.343. The summed E-state index contributed by atoms with van der Waals surface area (Å²) in [5, 5.41) is 7.89. The van der Waals surface area contributed by atoms with Crippen LogP contribution in [0.25, 0.3) is 5.69 Å². The molecule has 1 aliphatic heterocycles. The van der Waals surface area contributed by atoms with Crippen LogP contribution in [0.2, 0.25) is 0 Å². The minimum Gasteiger partial charge on any atom is -0.385 e. The molecule has 0 unspecified atom stereocenters. The van der Waals surface area contributed by atoms with Gasteiger partial charge in [-0.3, -0.25) is 0 Å². The Bertz CT molecular complexity index is 739. The molecule has 2 heterocycles. The number of nitrogens with zero attached hydrogens (tertiary/aromatic N) is 4. The van der Waals surface area contributed by atoms with E-state index in [0.29, 0.717) is 12.6 Å². The topological polar surface area (TPSA) is 63.9 Å². The van der Waals surface area contributed by atoms with Gasteiger partial charge in [0.1, 0.15) is 0 Å². The van der Waals surface area contributed by atoms with E-state index in [1.165, 1.54) is 0 Å². The molecule has 7 nitrogen and oxygen atoms in total. The number of piperidine rings is 1. The predicted octanol–water partition coefficient (Wildman–Crippen LogP) is 2.86. The molecule has 0 amide bonds. The van der Waals surface area contributed by atoms with Gasteiger partial charge < -0.3 is 19.7 Å². The van der Waals surface area contributed by atoms with Crippen molar-refractivity contribution in [3.8, 4) is 5.69 Å². The molecule has 158 valence electrons. The Hall–Kier alpha value is -2.38. The largest absolute Gasteiger partial charge is 0.385 e. The molecule has 0 bridgehead atoms. The van der Waals surface area contributed by atoms with E-state index >= 15 is 0 Å². The van der Waals surface area contributed by atoms with Crippen LogP contribution < -0.4 is 5.32 Å². The number of nitrogens with one attached hydrogen (secondary N) is 1. The Morgan fingerprint density at radius 2 is 2.00 bits per heavy atom. The highest BCUT2D eigenvalue weighted by Gasteiger charge is 2.21. The molecule has 1 aromatic carbocycles. The van der Waals surface area contributed by atoms with Gasteiger partial charge >= 0.3 is 0 Å². The number of rotatable bonds is 9. The highest BCUT2D eigenvalue weighted by molar-refractivity contribution is 5.80. The number of aromatic nitrogens is 2. The van der Waals surface area contributed by atoms with E-state index < -0.39 is 0 Å². The van der Waals surface area contributed by atoms with Crippen LogP contribution in [0.3, 0.4) is 0 Å². The number of para-hydroxylation sites is 1. The van der Waals surface area contributed by atoms with Crippen molar-refractivity contribution in [1.29, 1.82) is 0 Å². The van der Waals surface area contributed by atoms with Crippen LogP contribution in [-0.4, -0.2) is 66.7 Å². The lowest BCUT2D eigenvalue weighted by atomic mass is 10.1. The maximum Gasteiger partial charge on any atom is 0.194 e. The number of benzene rings is 1. The number of hydrogen-bond donors (Lipinski definition) is 1. The lowest BCUT2D eigenvalue weighted by molar-refractivity contribution is 0.00990. The maximum absolute atomic E-state index is 5.97. The first-order valence-corrected chi connectivity index (χ1v) is 10.5. The van der Waals surface area contributed by atoms with Crippen molar-refractivity contribution in [2.75, 3.05) is 40.0 Å². The van der Waals surface area contributed by atoms with E-state index in [4.69, 9.17) is 14.5 Å². The minimum absolute atomic E-state index is 0.343. The molecular weight excluding hydrogens is 366 g/mol. The Labute approximate surface area is 173 Å². The van der Waals surface area contributed by atoms with Crippen molar-refractivity contribution < 1.29 is 9.47 Å². The van der Waals surface area contributed by atoms with E-state index in [2.05, 4.69) is 22.2 Å². The second-order valence-corrected chi connectivity index (χ2v) is 7.20. The van der Waals surface area contributed by atoms with Crippen LogP contribution in [-0.2, 0) is 16.0 Å². The van der Waals surface area contributed by atoms with Gasteiger partial charge in [-0.25, -0.2) is 9.67 Å². The molecule has 1 N–H and O–H groups in total. The van der Waals surface area contributed by atoms with Crippen molar-refractivity contribution in [2.45, 2.75) is 38.8 Å². The average molecular weight is 400 g/mol. The number of aliphatic imine (C=N–C) groups is 1. The van der Waals surface area contributed by atoms with Crippen molar-refractivity contribution in [3.63, 3.8) is 0 Å². The summed E-state index contributed by atoms with van der Waals surface area (Å²) in [4.78, 5) is 7.18. The van der Waals surface area contributed by atoms with Crippen LogP contribution in [0.1, 0.15) is 31.7 Å². The number of ether oxygens (including phenoxy) is 2. The van der Waals surface area contributed by atoms with Crippen LogP contribution >= 0.6 is 0 Å². The smallest absolute Gasteiger partial charge is 0.194 e. The van der Waals surface area contributed by atoms with Crippen molar-refractivity contribution in [1.82, 2.24) is 20.0 Å². The molecule has 0 spiro atoms. The highest BCUT2D eigenvalue weighted by Crippen LogP contribution is 2.15. The van der Waals surface area contributed by atoms with Crippen LogP contribution in [0, 0.1) is 0 Å². The number of likely N-dealkylation sites (tertiary alicyclic amines) is 1. The predicted molar refractivity (Wildman–Crippen MR) is 115 cm³/mol. The fraction of sp³-hybridized carbons (Fsp3) is 0.545. The monoisotopic (exact) mass is 399 g/mol. The molecule has 0 saturated carbocycles. The summed E-state index contributed by atoms with van der Waals surface area (Å²) in [7, 11) is 1.73. The first-order valence-electron chi connectivity index (χ1n) is 10.5. The van der Waals surface area contributed by atoms with Gasteiger partial charge in [-0.2, -0.15) is 5.10 Å². The molecule has 1 aliphatic rings. The average Bonchev–Trinajstić information content (AvgIpc) is 3.24. The molecule has 1 fully saturated rings. The first-order chi connectivity index (χ1) is 14.3. The van der Waals surface area contributed by atoms with Crippen LogP contribution in [0.4, 0.5) is 0 Å². The van der Waals surface area contributed by atoms with Gasteiger partial charge in [-0.15, -0.1) is 0 Å². The molecule has 1 aromatic heterocycles. The van der Waals surface area contributed by atoms with Gasteiger partial charge in [0.2, 0.25) is 0 Å². The molecule has 0 radical (unpaired) electrons. The molecule has 1 saturated heterocycles. The number of guanidine groups is 1. The van der Waals surface area contributed by atoms with Gasteiger partial charge in [0.25, 0.3) is 0 Å². The van der Waals surface area contributed by atoms with E-state index in [1.807, 2.05) is 47.4 Å². The Balaban J connectivity index is 1.52. The number of hydrogen-bond acceptors (Lipinski definition) is 4. The Kier molecular flexibility index (Phi) is 8.52. The Morgan fingerprint density at radius 1 is 1.21 bits per heavy atom. The summed E-state index contributed by atoms with van der Waals surface area (Å²) in [5.74, 6) is 0.970. The molecule has 2 aromatic rings. The van der Waals surface area contributed by atoms with Gasteiger partial charge in [0, 0.05) is 51.7 Å². The fourth-order valence-corrected chi connectivity index (χ4v) is 3.44. The van der Waals surface area contributed by atoms with E-state index in [1.54, 1.807) is 7.11 Å². The highest BCUT2D eigenvalue weighted by atomic mass is 16.5. The summed E-state index contributed by atoms with van der Waals surface area (Å²) in [6.07, 6.45) is 7.29. The fourth-order valence-electron chi connectivity index (χ4n) is 3.44. The lowest BCUT2D eigenvalue weighted by Gasteiger charge is -2.34. The second-order valence-electron chi connectivity index (χ2n) is 7.20. The summed E-state index contributed by atoms with van der Waals surface area (Å²) in [6, 6.07) is 10.1. The van der Waals surface area contributed by atoms with E-state index in [-0.39, 0.29) is 0 Å². The summed E-state index contributed by atoms with van der Waals surface area (Å²) < 4.78 is 12.9. The van der Waals surface area contributed by atoms with Gasteiger partial charge in [0.15, 0.2) is 5.96 Å². The molecule has 7 heteroatoms. The third-order valence-corrected chi connectivity index (χ3v) is 4.99. The summed E-state index contributed by atoms with van der Waals surface area (Å²) in [5.41, 5.74) is 2.16. The van der Waals surface area contributed by atoms with Gasteiger partial charge in [-0.1, -0.05) is 18.2 Å². The summed E-state index contributed by atoms with van der Waals surface area (Å²) >= 11 is 0. The van der Waals surface area contributed by atoms with E-state index in [0.717, 1.165) is 69.3 Å². The van der Waals surface area contributed by atoms with Gasteiger partial charge in [0.05, 0.1) is 24.5 Å². The molecule has 3 rings (SSSR count). The Morgan fingerprint density at radius 3 is 2.72 bits per heavy atom. The first kappa shape index (κ1) is 21.3. The third-order valence-electron chi connectivity index (χ3n) is 4.99. The lowest BCUT2D eigenvalue weighted by Crippen LogP contribution is -2.47.